The van der Waals surface area contributed by atoms with Crippen molar-refractivity contribution in [2.24, 2.45) is 4.99 Å². The minimum Gasteiger partial charge on any atom is -0.357 e. The van der Waals surface area contributed by atoms with Crippen LogP contribution in [-0.2, 0) is 10.0 Å². The molecule has 0 amide bonds. The van der Waals surface area contributed by atoms with Gasteiger partial charge >= 0.3 is 0 Å². The van der Waals surface area contributed by atoms with Crippen LogP contribution in [0.3, 0.4) is 0 Å². The molecule has 7 heteroatoms. The van der Waals surface area contributed by atoms with Gasteiger partial charge in [-0.05, 0) is 32.8 Å². The van der Waals surface area contributed by atoms with Crippen molar-refractivity contribution in [3.63, 3.8) is 0 Å². The molecule has 0 aromatic heterocycles. The number of hydrogen-bond acceptors (Lipinski definition) is 3. The Hall–Kier alpha value is -1.60. The number of sulfonamides is 1. The standard InChI is InChI=1S/C19H34N4O2S/c1-6-20-19(21-12-9-13-23(5)26(24,25)7-2)22-15-17(4)18-11-8-10-16(3)14-18/h8,10-11,14,17H,6-7,9,12-13,15H2,1-5H3,(H2,20,21,22). The fourth-order valence-corrected chi connectivity index (χ4v) is 3.37. The number of nitrogens with one attached hydrogen (secondary N) is 2. The number of guanidine groups is 1. The molecule has 0 aliphatic heterocycles. The lowest BCUT2D eigenvalue weighted by atomic mass is 10.00. The Morgan fingerprint density at radius 2 is 2.00 bits per heavy atom. The molecule has 1 rings (SSSR count). The molecule has 148 valence electrons. The van der Waals surface area contributed by atoms with Crippen molar-refractivity contribution in [3.8, 4) is 0 Å². The van der Waals surface area contributed by atoms with Crippen LogP contribution in [0.1, 0.15) is 44.2 Å². The SMILES string of the molecule is CCNC(=NCC(C)c1cccc(C)c1)NCCCN(C)S(=O)(=O)CC. The van der Waals surface area contributed by atoms with Gasteiger partial charge in [-0.2, -0.15) is 0 Å². The van der Waals surface area contributed by atoms with Crippen molar-refractivity contribution >= 4 is 16.0 Å². The van der Waals surface area contributed by atoms with E-state index in [2.05, 4.69) is 53.7 Å². The predicted molar refractivity (Wildman–Crippen MR) is 110 cm³/mol. The third kappa shape index (κ3) is 7.74. The van der Waals surface area contributed by atoms with Crippen molar-refractivity contribution in [3.05, 3.63) is 35.4 Å². The Bertz CT molecular complexity index is 674. The van der Waals surface area contributed by atoms with Crippen molar-refractivity contribution in [2.45, 2.75) is 40.0 Å². The molecule has 6 nitrogen and oxygen atoms in total. The second kappa shape index (κ2) is 11.2. The second-order valence-corrected chi connectivity index (χ2v) is 8.90. The maximum absolute atomic E-state index is 11.7. The zero-order valence-electron chi connectivity index (χ0n) is 16.7. The van der Waals surface area contributed by atoms with Crippen LogP contribution in [0.4, 0.5) is 0 Å². The largest absolute Gasteiger partial charge is 0.357 e. The maximum atomic E-state index is 11.7. The molecular formula is C19H34N4O2S. The zero-order chi connectivity index (χ0) is 19.6. The van der Waals surface area contributed by atoms with Gasteiger partial charge in [-0.1, -0.05) is 36.8 Å². The van der Waals surface area contributed by atoms with Gasteiger partial charge in [-0.3, -0.25) is 4.99 Å². The summed E-state index contributed by atoms with van der Waals surface area (Å²) in [5, 5.41) is 6.52. The van der Waals surface area contributed by atoms with E-state index in [0.717, 1.165) is 18.9 Å². The van der Waals surface area contributed by atoms with Crippen LogP contribution in [0, 0.1) is 6.92 Å². The van der Waals surface area contributed by atoms with E-state index in [9.17, 15) is 8.42 Å². The van der Waals surface area contributed by atoms with E-state index in [1.54, 1.807) is 14.0 Å². The Kier molecular flexibility index (Phi) is 9.65. The maximum Gasteiger partial charge on any atom is 0.213 e. The van der Waals surface area contributed by atoms with Crippen LogP contribution in [0.15, 0.2) is 29.3 Å². The fraction of sp³-hybridized carbons (Fsp3) is 0.632. The van der Waals surface area contributed by atoms with Crippen molar-refractivity contribution in [1.29, 1.82) is 0 Å². The third-order valence-corrected chi connectivity index (χ3v) is 6.12. The van der Waals surface area contributed by atoms with Gasteiger partial charge < -0.3 is 10.6 Å². The first-order valence-corrected chi connectivity index (χ1v) is 10.9. The van der Waals surface area contributed by atoms with Gasteiger partial charge in [0.25, 0.3) is 0 Å². The van der Waals surface area contributed by atoms with Crippen molar-refractivity contribution in [2.75, 3.05) is 39.0 Å². The van der Waals surface area contributed by atoms with E-state index in [0.29, 0.717) is 25.6 Å². The molecule has 1 unspecified atom stereocenters. The number of aliphatic imine (C=N–C) groups is 1. The molecule has 0 bridgehead atoms. The smallest absolute Gasteiger partial charge is 0.213 e. The van der Waals surface area contributed by atoms with E-state index >= 15 is 0 Å². The lowest BCUT2D eigenvalue weighted by molar-refractivity contribution is 0.461. The quantitative estimate of drug-likeness (QED) is 0.370. The van der Waals surface area contributed by atoms with Crippen molar-refractivity contribution in [1.82, 2.24) is 14.9 Å². The molecule has 0 saturated carbocycles. The summed E-state index contributed by atoms with van der Waals surface area (Å²) < 4.78 is 24.9. The van der Waals surface area contributed by atoms with Crippen LogP contribution in [0.2, 0.25) is 0 Å². The first-order valence-electron chi connectivity index (χ1n) is 9.32. The van der Waals surface area contributed by atoms with Gasteiger partial charge in [0, 0.05) is 39.1 Å². The minimum absolute atomic E-state index is 0.137. The summed E-state index contributed by atoms with van der Waals surface area (Å²) >= 11 is 0. The molecule has 0 aliphatic carbocycles. The van der Waals surface area contributed by atoms with Crippen LogP contribution < -0.4 is 10.6 Å². The minimum atomic E-state index is -3.11. The number of nitrogens with zero attached hydrogens (tertiary/aromatic N) is 2. The third-order valence-electron chi connectivity index (χ3n) is 4.26. The van der Waals surface area contributed by atoms with E-state index < -0.39 is 10.0 Å². The molecule has 0 saturated heterocycles. The molecule has 2 N–H and O–H groups in total. The summed E-state index contributed by atoms with van der Waals surface area (Å²) in [6, 6.07) is 8.51. The Labute approximate surface area is 159 Å². The average molecular weight is 383 g/mol. The number of rotatable bonds is 10. The molecule has 1 aromatic carbocycles. The first kappa shape index (κ1) is 22.4. The van der Waals surface area contributed by atoms with Gasteiger partial charge in [-0.25, -0.2) is 12.7 Å². The Morgan fingerprint density at radius 3 is 2.62 bits per heavy atom. The first-order chi connectivity index (χ1) is 12.3. The Balaban J connectivity index is 2.51. The van der Waals surface area contributed by atoms with Crippen LogP contribution in [-0.4, -0.2) is 57.7 Å². The Morgan fingerprint density at radius 1 is 1.27 bits per heavy atom. The summed E-state index contributed by atoms with van der Waals surface area (Å²) in [4.78, 5) is 4.66. The molecule has 26 heavy (non-hydrogen) atoms. The summed E-state index contributed by atoms with van der Waals surface area (Å²) in [7, 11) is -1.48. The van der Waals surface area contributed by atoms with E-state index in [4.69, 9.17) is 0 Å². The summed E-state index contributed by atoms with van der Waals surface area (Å²) in [5.41, 5.74) is 2.55. The molecule has 0 spiro atoms. The highest BCUT2D eigenvalue weighted by molar-refractivity contribution is 7.89. The highest BCUT2D eigenvalue weighted by atomic mass is 32.2. The molecule has 0 heterocycles. The summed E-state index contributed by atoms with van der Waals surface area (Å²) in [6.07, 6.45) is 0.730. The second-order valence-electron chi connectivity index (χ2n) is 6.54. The molecule has 0 radical (unpaired) electrons. The van der Waals surface area contributed by atoms with Gasteiger partial charge in [-0.15, -0.1) is 0 Å². The summed E-state index contributed by atoms with van der Waals surface area (Å²) in [6.45, 7) is 10.6. The zero-order valence-corrected chi connectivity index (χ0v) is 17.6. The highest BCUT2D eigenvalue weighted by Crippen LogP contribution is 2.16. The van der Waals surface area contributed by atoms with Crippen LogP contribution >= 0.6 is 0 Å². The van der Waals surface area contributed by atoms with Gasteiger partial charge in [0.2, 0.25) is 10.0 Å². The van der Waals surface area contributed by atoms with Crippen LogP contribution in [0.5, 0.6) is 0 Å². The topological polar surface area (TPSA) is 73.8 Å². The number of benzene rings is 1. The van der Waals surface area contributed by atoms with Gasteiger partial charge in [0.15, 0.2) is 5.96 Å². The van der Waals surface area contributed by atoms with Crippen molar-refractivity contribution < 1.29 is 8.42 Å². The van der Waals surface area contributed by atoms with Crippen LogP contribution in [0.25, 0.3) is 0 Å². The molecule has 1 aromatic rings. The highest BCUT2D eigenvalue weighted by Gasteiger charge is 2.14. The van der Waals surface area contributed by atoms with Gasteiger partial charge in [0.05, 0.1) is 5.75 Å². The van der Waals surface area contributed by atoms with E-state index in [1.807, 2.05) is 6.92 Å². The lowest BCUT2D eigenvalue weighted by Gasteiger charge is -2.17. The molecule has 1 atom stereocenters. The number of hydrogen-bond donors (Lipinski definition) is 2. The summed E-state index contributed by atoms with van der Waals surface area (Å²) in [5.74, 6) is 1.25. The molecular weight excluding hydrogens is 348 g/mol. The van der Waals surface area contributed by atoms with Gasteiger partial charge in [0.1, 0.15) is 0 Å². The number of aryl methyl sites for hydroxylation is 1. The monoisotopic (exact) mass is 382 g/mol. The molecule has 0 aliphatic rings. The van der Waals surface area contributed by atoms with E-state index in [1.165, 1.54) is 15.4 Å². The van der Waals surface area contributed by atoms with E-state index in [-0.39, 0.29) is 5.75 Å². The average Bonchev–Trinajstić information content (AvgIpc) is 2.62. The fourth-order valence-electron chi connectivity index (χ4n) is 2.52. The normalized spacial score (nSPS) is 13.7. The molecule has 0 fully saturated rings. The predicted octanol–water partition coefficient (Wildman–Crippen LogP) is 2.33. The lowest BCUT2D eigenvalue weighted by Crippen LogP contribution is -2.39.